The van der Waals surface area contributed by atoms with Crippen molar-refractivity contribution in [2.45, 2.75) is 0 Å². The van der Waals surface area contributed by atoms with Crippen LogP contribution in [0.4, 0.5) is 0 Å². The van der Waals surface area contributed by atoms with Crippen LogP contribution in [-0.4, -0.2) is 20.4 Å². The van der Waals surface area contributed by atoms with Crippen molar-refractivity contribution in [3.63, 3.8) is 0 Å². The van der Waals surface area contributed by atoms with Gasteiger partial charge < -0.3 is 42.8 Å². The maximum Gasteiger partial charge on any atom is 0 e. The van der Waals surface area contributed by atoms with Crippen molar-refractivity contribution >= 4 is 20.4 Å². The minimum Gasteiger partial charge on any atom is -0.573 e. The molecule has 0 aromatic heterocycles. The fraction of sp³-hybridized carbons (Fsp3) is 0. The molecule has 0 bridgehead atoms. The van der Waals surface area contributed by atoms with Crippen LogP contribution in [0.1, 0.15) is 0 Å². The average molecular weight is 211 g/mol. The Morgan fingerprint density at radius 2 is 0.778 bits per heavy atom. The molecule has 0 N–H and O–H groups in total. The molecule has 56 valence electrons. The molecule has 0 aliphatic carbocycles. The number of rotatable bonds is 0. The van der Waals surface area contributed by atoms with Gasteiger partial charge in [-0.3, -0.25) is 6.79 Å². The zero-order valence-corrected chi connectivity index (χ0v) is 7.22. The number of hydrogen-bond acceptors (Lipinski definition) is 3. The van der Waals surface area contributed by atoms with Crippen molar-refractivity contribution in [3.8, 4) is 0 Å². The van der Waals surface area contributed by atoms with Gasteiger partial charge in [-0.05, 0) is 0 Å². The molecule has 0 aromatic carbocycles. The fourth-order valence-corrected chi connectivity index (χ4v) is 0. The Balaban J connectivity index is -0.00000000321. The van der Waals surface area contributed by atoms with Gasteiger partial charge >= 0.3 is 0 Å². The van der Waals surface area contributed by atoms with Crippen LogP contribution in [0.15, 0.2) is 0 Å². The van der Waals surface area contributed by atoms with E-state index in [1.54, 1.807) is 0 Å². The molecule has 0 saturated heterocycles. The van der Waals surface area contributed by atoms with E-state index in [9.17, 15) is 0 Å². The third-order valence-corrected chi connectivity index (χ3v) is 0. The summed E-state index contributed by atoms with van der Waals surface area (Å²) in [5, 5.41) is 0. The van der Waals surface area contributed by atoms with Crippen molar-refractivity contribution in [2.24, 2.45) is 0 Å². The van der Waals surface area contributed by atoms with E-state index in [1.807, 2.05) is 0 Å². The van der Waals surface area contributed by atoms with Crippen LogP contribution >= 0.6 is 0 Å². The van der Waals surface area contributed by atoms with E-state index in [-0.39, 0.29) is 35.9 Å². The van der Waals surface area contributed by atoms with Crippen LogP contribution in [0, 0.1) is 14.9 Å². The Labute approximate surface area is 71.1 Å². The van der Waals surface area contributed by atoms with Crippen molar-refractivity contribution in [1.29, 1.82) is 0 Å². The molecule has 0 fully saturated rings. The second-order valence-corrected chi connectivity index (χ2v) is 0. The fourth-order valence-electron chi connectivity index (χ4n) is 0. The van der Waals surface area contributed by atoms with Gasteiger partial charge in [0.05, 0.1) is 0 Å². The predicted octanol–water partition coefficient (Wildman–Crippen LogP) is -0.170. The van der Waals surface area contributed by atoms with Gasteiger partial charge in [-0.2, -0.15) is 0 Å². The zero-order chi connectivity index (χ0) is 6.00. The maximum atomic E-state index is 7.75. The third kappa shape index (κ3) is 2750. The van der Waals surface area contributed by atoms with E-state index in [0.29, 0.717) is 0 Å². The molecule has 3 nitrogen and oxygen atoms in total. The first-order chi connectivity index (χ1) is 3.00. The van der Waals surface area contributed by atoms with Gasteiger partial charge in [-0.15, -0.1) is 0 Å². The second-order valence-electron chi connectivity index (χ2n) is 0. The zero-order valence-electron chi connectivity index (χ0n) is 5.21. The van der Waals surface area contributed by atoms with E-state index in [1.165, 1.54) is 0 Å². The molecule has 0 saturated carbocycles. The molecule has 0 amide bonds. The molecule has 0 atom stereocenters. The Kier molecular flexibility index (Phi) is 29900. The topological polar surface area (TPSA) is 51.2 Å². The summed E-state index contributed by atoms with van der Waals surface area (Å²) in [6.07, 6.45) is 0. The van der Waals surface area contributed by atoms with Crippen molar-refractivity contribution in [3.05, 3.63) is 14.9 Å². The van der Waals surface area contributed by atoms with Crippen LogP contribution < -0.4 is 0 Å². The summed E-state index contributed by atoms with van der Waals surface area (Å²) in [7, 11) is 0. The summed E-state index contributed by atoms with van der Waals surface area (Å²) in [4.78, 5) is 22.8. The molecule has 0 aliphatic rings. The second kappa shape index (κ2) is 3790. The van der Waals surface area contributed by atoms with Crippen molar-refractivity contribution in [2.75, 3.05) is 0 Å². The van der Waals surface area contributed by atoms with E-state index >= 15 is 0 Å². The van der Waals surface area contributed by atoms with Crippen LogP contribution in [0.25, 0.3) is 0 Å². The standard InChI is InChI=1S/CHO.2CO.2CH3.Mo/c3*1-2;;;/h1H;;;2*1H3;/q5*-1;. The normalized spacial score (nSPS) is 1.33. The average Bonchev–Trinajstić information content (AvgIpc) is 1.81. The summed E-state index contributed by atoms with van der Waals surface area (Å²) in [6.45, 7) is 12.2. The first-order valence-corrected chi connectivity index (χ1v) is 0.644. The van der Waals surface area contributed by atoms with Gasteiger partial charge in [0.15, 0.2) is 0 Å². The number of hydrogen-bond donors (Lipinski definition) is 0. The van der Waals surface area contributed by atoms with E-state index in [4.69, 9.17) is 14.4 Å². The molecule has 9 heavy (non-hydrogen) atoms. The van der Waals surface area contributed by atoms with Gasteiger partial charge in [0, 0.05) is 21.1 Å². The summed E-state index contributed by atoms with van der Waals surface area (Å²) in [5.74, 6) is 0. The molecule has 0 unspecified atom stereocenters. The van der Waals surface area contributed by atoms with Crippen molar-refractivity contribution < 1.29 is 35.4 Å². The van der Waals surface area contributed by atoms with E-state index in [0.717, 1.165) is 0 Å². The monoisotopic (exact) mass is 213 g/mol. The van der Waals surface area contributed by atoms with Crippen LogP contribution in [-0.2, 0) is 35.4 Å². The van der Waals surface area contributed by atoms with Crippen LogP contribution in [0.3, 0.4) is 0 Å². The van der Waals surface area contributed by atoms with Crippen LogP contribution in [0.2, 0.25) is 0 Å². The van der Waals surface area contributed by atoms with Crippen LogP contribution in [0.5, 0.6) is 0 Å². The summed E-state index contributed by atoms with van der Waals surface area (Å²) in [5.41, 5.74) is 0. The first-order valence-electron chi connectivity index (χ1n) is 0.644. The molecule has 0 rings (SSSR count). The molecular weight excluding hydrogens is 204 g/mol. The molecule has 0 aromatic rings. The molecule has 4 heteroatoms. The predicted molar refractivity (Wildman–Crippen MR) is 31.0 cm³/mol. The maximum absolute atomic E-state index is 7.75. The summed E-state index contributed by atoms with van der Waals surface area (Å²) in [6, 6.07) is 0. The van der Waals surface area contributed by atoms with Crippen molar-refractivity contribution in [1.82, 2.24) is 0 Å². The van der Waals surface area contributed by atoms with Gasteiger partial charge in [-0.25, -0.2) is 0 Å². The van der Waals surface area contributed by atoms with E-state index < -0.39 is 0 Å². The summed E-state index contributed by atoms with van der Waals surface area (Å²) < 4.78 is 0. The molecule has 2 radical (unpaired) electrons. The van der Waals surface area contributed by atoms with Gasteiger partial charge in [0.1, 0.15) is 0 Å². The summed E-state index contributed by atoms with van der Waals surface area (Å²) >= 11 is 0. The molecular formula is C5H7MoO3-5. The Morgan fingerprint density at radius 1 is 0.778 bits per heavy atom. The minimum atomic E-state index is 0. The van der Waals surface area contributed by atoms with Gasteiger partial charge in [-0.1, -0.05) is 0 Å². The SMILES string of the molecule is [C-]=O.[C-]=O.[CH-]=O.[CH3-].[CH3-].[Mo]. The van der Waals surface area contributed by atoms with Gasteiger partial charge in [0.2, 0.25) is 0 Å². The smallest absolute Gasteiger partial charge is 0 e. The quantitative estimate of drug-likeness (QED) is 0.317. The minimum absolute atomic E-state index is 0. The Hall–Kier alpha value is -0.302. The van der Waals surface area contributed by atoms with Gasteiger partial charge in [0.25, 0.3) is 0 Å². The molecule has 0 heterocycles. The molecule has 0 spiro atoms. The molecule has 0 aliphatic heterocycles. The first kappa shape index (κ1) is 70.8. The Bertz CT molecular complexity index is 16.9. The Morgan fingerprint density at radius 3 is 0.778 bits per heavy atom. The number of carbonyl (C=O) groups excluding carboxylic acids is 3. The largest absolute Gasteiger partial charge is 0.573 e. The van der Waals surface area contributed by atoms with E-state index in [2.05, 4.69) is 20.4 Å². The third-order valence-electron chi connectivity index (χ3n) is 0.